The molecule has 0 aromatic heterocycles. The Morgan fingerprint density at radius 3 is 2.03 bits per heavy atom. The first kappa shape index (κ1) is 28.1. The van der Waals surface area contributed by atoms with Gasteiger partial charge in [-0.1, -0.05) is 0 Å². The number of aliphatic hydroxyl groups excluding tert-OH is 4. The second-order valence-corrected chi connectivity index (χ2v) is 7.09. The molecule has 7 N–H and O–H groups in total. The maximum atomic E-state index is 13.7. The van der Waals surface area contributed by atoms with Crippen molar-refractivity contribution in [2.45, 2.75) is 30.7 Å². The molecule has 0 aliphatic carbocycles. The van der Waals surface area contributed by atoms with Gasteiger partial charge in [-0.05, 0) is 0 Å². The van der Waals surface area contributed by atoms with E-state index in [1.807, 2.05) is 5.32 Å². The predicted molar refractivity (Wildman–Crippen MR) is 104 cm³/mol. The fourth-order valence-electron chi connectivity index (χ4n) is 2.92. The molecule has 5 atom stereocenters. The number of anilines is 1. The zero-order valence-corrected chi connectivity index (χ0v) is 17.8. The van der Waals surface area contributed by atoms with Gasteiger partial charge in [-0.15, -0.1) is 0 Å². The summed E-state index contributed by atoms with van der Waals surface area (Å²) in [5.74, 6) is -8.94. The molecule has 2 rings (SSSR count). The lowest BCUT2D eigenvalue weighted by atomic mass is 9.99. The third kappa shape index (κ3) is 6.73. The molecule has 0 bridgehead atoms. The van der Waals surface area contributed by atoms with Gasteiger partial charge in [0.1, 0.15) is 35.7 Å². The van der Waals surface area contributed by atoms with Gasteiger partial charge >= 0.3 is 0 Å². The third-order valence-electron chi connectivity index (χ3n) is 4.79. The highest BCUT2D eigenvalue weighted by molar-refractivity contribution is 5.95. The molecular formula is C19H26F4N2O9. The van der Waals surface area contributed by atoms with Crippen molar-refractivity contribution in [1.29, 1.82) is 0 Å². The Bertz CT molecular complexity index is 804. The summed E-state index contributed by atoms with van der Waals surface area (Å²) in [7, 11) is 0. The van der Waals surface area contributed by atoms with Crippen LogP contribution in [0, 0.1) is 23.3 Å². The van der Waals surface area contributed by atoms with Crippen LogP contribution in [0.25, 0.3) is 0 Å². The van der Waals surface area contributed by atoms with E-state index in [4.69, 9.17) is 29.8 Å². The van der Waals surface area contributed by atoms with Crippen LogP contribution in [0.4, 0.5) is 23.2 Å². The number of hydrogen-bond acceptors (Lipinski definition) is 10. The van der Waals surface area contributed by atoms with E-state index in [0.29, 0.717) is 0 Å². The van der Waals surface area contributed by atoms with Crippen LogP contribution in [-0.2, 0) is 18.9 Å². The van der Waals surface area contributed by atoms with Crippen molar-refractivity contribution in [1.82, 2.24) is 5.32 Å². The number of carbonyl (C=O) groups excluding carboxylic acids is 1. The van der Waals surface area contributed by atoms with Gasteiger partial charge in [0.2, 0.25) is 0 Å². The van der Waals surface area contributed by atoms with Crippen LogP contribution in [-0.4, -0.2) is 103 Å². The van der Waals surface area contributed by atoms with E-state index in [1.54, 1.807) is 0 Å². The number of nitrogen functional groups attached to an aromatic ring is 1. The summed E-state index contributed by atoms with van der Waals surface area (Å²) in [5, 5.41) is 40.3. The number of nitrogens with one attached hydrogen (secondary N) is 1. The minimum Gasteiger partial charge on any atom is -0.394 e. The molecule has 0 saturated carbocycles. The summed E-state index contributed by atoms with van der Waals surface area (Å²) in [6.45, 7) is -0.845. The van der Waals surface area contributed by atoms with Gasteiger partial charge in [0.25, 0.3) is 5.91 Å². The van der Waals surface area contributed by atoms with E-state index < -0.39 is 77.7 Å². The Balaban J connectivity index is 1.59. The fraction of sp³-hybridized carbons (Fsp3) is 0.632. The summed E-state index contributed by atoms with van der Waals surface area (Å²) in [6, 6.07) is 0. The number of aliphatic hydroxyl groups is 4. The van der Waals surface area contributed by atoms with Gasteiger partial charge < -0.3 is 50.4 Å². The molecule has 1 heterocycles. The second kappa shape index (κ2) is 13.1. The number of amides is 1. The summed E-state index contributed by atoms with van der Waals surface area (Å²) in [4.78, 5) is 11.8. The van der Waals surface area contributed by atoms with E-state index >= 15 is 0 Å². The molecule has 34 heavy (non-hydrogen) atoms. The molecule has 11 nitrogen and oxygen atoms in total. The zero-order valence-electron chi connectivity index (χ0n) is 17.8. The summed E-state index contributed by atoms with van der Waals surface area (Å²) >= 11 is 0. The molecule has 1 saturated heterocycles. The van der Waals surface area contributed by atoms with Crippen LogP contribution in [0.5, 0.6) is 0 Å². The monoisotopic (exact) mass is 502 g/mol. The van der Waals surface area contributed by atoms with Crippen molar-refractivity contribution in [3.8, 4) is 0 Å². The first-order valence-corrected chi connectivity index (χ1v) is 10.1. The van der Waals surface area contributed by atoms with Crippen molar-refractivity contribution >= 4 is 11.6 Å². The quantitative estimate of drug-likeness (QED) is 0.0846. The van der Waals surface area contributed by atoms with Crippen molar-refractivity contribution in [2.24, 2.45) is 0 Å². The van der Waals surface area contributed by atoms with Gasteiger partial charge in [0.15, 0.2) is 29.6 Å². The number of ether oxygens (including phenoxy) is 4. The van der Waals surface area contributed by atoms with Crippen LogP contribution < -0.4 is 11.1 Å². The highest BCUT2D eigenvalue weighted by Crippen LogP contribution is 2.25. The summed E-state index contributed by atoms with van der Waals surface area (Å²) in [6.07, 6.45) is -6.96. The molecule has 1 aliphatic heterocycles. The minimum atomic E-state index is -1.91. The molecule has 1 fully saturated rings. The van der Waals surface area contributed by atoms with Gasteiger partial charge in [-0.25, -0.2) is 17.6 Å². The van der Waals surface area contributed by atoms with Crippen molar-refractivity contribution < 1.29 is 61.7 Å². The second-order valence-electron chi connectivity index (χ2n) is 7.09. The van der Waals surface area contributed by atoms with Crippen molar-refractivity contribution in [2.75, 3.05) is 51.9 Å². The average Bonchev–Trinajstić information content (AvgIpc) is 2.82. The van der Waals surface area contributed by atoms with Gasteiger partial charge in [-0.3, -0.25) is 4.79 Å². The number of hydrogen-bond donors (Lipinski definition) is 6. The summed E-state index contributed by atoms with van der Waals surface area (Å²) < 4.78 is 74.9. The molecule has 0 radical (unpaired) electrons. The zero-order chi connectivity index (χ0) is 25.4. The number of rotatable bonds is 12. The lowest BCUT2D eigenvalue weighted by Gasteiger charge is -2.39. The number of benzene rings is 1. The number of nitrogens with two attached hydrogens (primary N) is 1. The first-order valence-electron chi connectivity index (χ1n) is 10.1. The van der Waals surface area contributed by atoms with E-state index in [2.05, 4.69) is 0 Å². The minimum absolute atomic E-state index is 0.0297. The van der Waals surface area contributed by atoms with Crippen LogP contribution >= 0.6 is 0 Å². The Hall–Kier alpha value is -2.11. The molecule has 194 valence electrons. The SMILES string of the molecule is Nc1c(F)c(F)c(C(=O)NCCOCCOCCO[C@@H]2OC(CO)[C@@H](O)C(O)C2O)c(F)c1F. The Kier molecular flexibility index (Phi) is 10.8. The lowest BCUT2D eigenvalue weighted by Crippen LogP contribution is -2.59. The number of halogens is 4. The standard InChI is InChI=1S/C19H26F4N2O9/c20-10-9(11(21)13(23)14(24)12(10)22)18(30)25-1-2-31-3-4-32-5-6-33-19-17(29)16(28)15(27)8(7-26)34-19/h8,15-17,19,26-29H,1-7,24H2,(H,25,30)/t8?,15-,16?,17?,19-/m1/s1. The predicted octanol–water partition coefficient (Wildman–Crippen LogP) is -1.60. The summed E-state index contributed by atoms with van der Waals surface area (Å²) in [5.41, 5.74) is 2.06. The van der Waals surface area contributed by atoms with Crippen LogP contribution in [0.3, 0.4) is 0 Å². The fourth-order valence-corrected chi connectivity index (χ4v) is 2.92. The normalized spacial score (nSPS) is 24.9. The van der Waals surface area contributed by atoms with E-state index in [9.17, 15) is 37.7 Å². The average molecular weight is 502 g/mol. The van der Waals surface area contributed by atoms with Crippen LogP contribution in [0.15, 0.2) is 0 Å². The van der Waals surface area contributed by atoms with Crippen molar-refractivity contribution in [3.63, 3.8) is 0 Å². The lowest BCUT2D eigenvalue weighted by molar-refractivity contribution is -0.302. The smallest absolute Gasteiger partial charge is 0.257 e. The van der Waals surface area contributed by atoms with Crippen LogP contribution in [0.2, 0.25) is 0 Å². The topological polar surface area (TPSA) is 173 Å². The van der Waals surface area contributed by atoms with E-state index in [1.165, 1.54) is 0 Å². The molecule has 1 amide bonds. The maximum Gasteiger partial charge on any atom is 0.257 e. The first-order chi connectivity index (χ1) is 16.1. The number of carbonyl (C=O) groups is 1. The van der Waals surface area contributed by atoms with Crippen LogP contribution in [0.1, 0.15) is 10.4 Å². The third-order valence-corrected chi connectivity index (χ3v) is 4.79. The highest BCUT2D eigenvalue weighted by Gasteiger charge is 2.43. The molecule has 15 heteroatoms. The Morgan fingerprint density at radius 1 is 0.882 bits per heavy atom. The largest absolute Gasteiger partial charge is 0.394 e. The maximum absolute atomic E-state index is 13.7. The molecular weight excluding hydrogens is 476 g/mol. The molecule has 1 aromatic rings. The molecule has 1 aromatic carbocycles. The molecule has 1 aliphatic rings. The van der Waals surface area contributed by atoms with Gasteiger partial charge in [0.05, 0.1) is 39.6 Å². The molecule has 3 unspecified atom stereocenters. The van der Waals surface area contributed by atoms with Gasteiger partial charge in [-0.2, -0.15) is 0 Å². The Morgan fingerprint density at radius 2 is 1.44 bits per heavy atom. The molecule has 0 spiro atoms. The van der Waals surface area contributed by atoms with Gasteiger partial charge in [0, 0.05) is 6.54 Å². The van der Waals surface area contributed by atoms with E-state index in [-0.39, 0.29) is 39.6 Å². The Labute approximate surface area is 191 Å². The highest BCUT2D eigenvalue weighted by atomic mass is 19.2. The van der Waals surface area contributed by atoms with Crippen molar-refractivity contribution in [3.05, 3.63) is 28.8 Å². The van der Waals surface area contributed by atoms with E-state index in [0.717, 1.165) is 0 Å².